The third kappa shape index (κ3) is 5.35. The molecule has 0 saturated heterocycles. The van der Waals surface area contributed by atoms with Gasteiger partial charge in [0, 0.05) is 6.07 Å². The predicted molar refractivity (Wildman–Crippen MR) is 129 cm³/mol. The maximum Gasteiger partial charge on any atom is 0.129 e. The van der Waals surface area contributed by atoms with E-state index in [-0.39, 0.29) is 0 Å². The average Bonchev–Trinajstić information content (AvgIpc) is 3.40. The van der Waals surface area contributed by atoms with Gasteiger partial charge >= 0.3 is 0 Å². The Kier molecular flexibility index (Phi) is 6.71. The van der Waals surface area contributed by atoms with E-state index in [9.17, 15) is 0 Å². The van der Waals surface area contributed by atoms with Crippen LogP contribution in [0.3, 0.4) is 0 Å². The van der Waals surface area contributed by atoms with Crippen LogP contribution in [0.1, 0.15) is 48.9 Å². The average molecular weight is 413 g/mol. The third-order valence-corrected chi connectivity index (χ3v) is 6.03. The van der Waals surface area contributed by atoms with Crippen molar-refractivity contribution in [2.24, 2.45) is 5.92 Å². The molecule has 1 atom stereocenters. The van der Waals surface area contributed by atoms with Crippen LogP contribution in [-0.2, 0) is 19.3 Å². The van der Waals surface area contributed by atoms with Crippen LogP contribution in [-0.4, -0.2) is 9.97 Å². The van der Waals surface area contributed by atoms with Crippen molar-refractivity contribution in [3.8, 4) is 11.5 Å². The number of hydrogen-bond acceptors (Lipinski definition) is 2. The second-order valence-corrected chi connectivity index (χ2v) is 8.52. The molecule has 4 aromatic rings. The van der Waals surface area contributed by atoms with Gasteiger partial charge in [-0.1, -0.05) is 62.6 Å². The van der Waals surface area contributed by atoms with E-state index in [1.54, 1.807) is 17.5 Å². The Bertz CT molecular complexity index is 1130. The largest absolute Gasteiger partial charge is 0.457 e. The Morgan fingerprint density at radius 3 is 2.45 bits per heavy atom. The molecule has 3 heteroatoms. The van der Waals surface area contributed by atoms with Gasteiger partial charge in [0.15, 0.2) is 0 Å². The summed E-state index contributed by atoms with van der Waals surface area (Å²) >= 11 is 0. The zero-order valence-corrected chi connectivity index (χ0v) is 18.8. The van der Waals surface area contributed by atoms with Crippen LogP contribution in [0.15, 0.2) is 67.0 Å². The summed E-state index contributed by atoms with van der Waals surface area (Å²) in [4.78, 5) is 7.25. The van der Waals surface area contributed by atoms with Gasteiger partial charge in [-0.25, -0.2) is 4.98 Å². The summed E-state index contributed by atoms with van der Waals surface area (Å²) in [6.07, 6.45) is 8.10. The van der Waals surface area contributed by atoms with Crippen LogP contribution in [0.5, 0.6) is 11.5 Å². The monoisotopic (exact) mass is 412 g/mol. The van der Waals surface area contributed by atoms with Crippen molar-refractivity contribution in [1.29, 1.82) is 0 Å². The summed E-state index contributed by atoms with van der Waals surface area (Å²) in [7, 11) is 0. The highest BCUT2D eigenvalue weighted by Crippen LogP contribution is 2.30. The number of aryl methyl sites for hydroxylation is 2. The minimum atomic E-state index is 0.816. The number of rotatable bonds is 5. The highest BCUT2D eigenvalue weighted by Gasteiger charge is 2.19. The lowest BCUT2D eigenvalue weighted by Gasteiger charge is -2.06. The van der Waals surface area contributed by atoms with Crippen molar-refractivity contribution < 1.29 is 4.74 Å². The number of aromatic nitrogens is 2. The molecule has 5 rings (SSSR count). The fraction of sp³-hybridized carbons (Fsp3) is 0.321. The van der Waals surface area contributed by atoms with E-state index in [4.69, 9.17) is 4.74 Å². The highest BCUT2D eigenvalue weighted by molar-refractivity contribution is 5.76. The number of ether oxygens (including phenoxy) is 1. The summed E-state index contributed by atoms with van der Waals surface area (Å²) in [5, 5.41) is 0. The zero-order valence-electron chi connectivity index (χ0n) is 18.8. The first-order valence-electron chi connectivity index (χ1n) is 11.4. The number of fused-ring (bicyclic) bond motifs is 2. The van der Waals surface area contributed by atoms with E-state index in [0.29, 0.717) is 0 Å². The van der Waals surface area contributed by atoms with Crippen molar-refractivity contribution in [2.45, 2.75) is 52.9 Å². The Balaban J connectivity index is 0.000000158. The fourth-order valence-corrected chi connectivity index (χ4v) is 4.36. The maximum atomic E-state index is 5.81. The normalized spacial score (nSPS) is 14.7. The minimum absolute atomic E-state index is 0.816. The molecular weight excluding hydrogens is 380 g/mol. The molecule has 1 aliphatic carbocycles. The molecule has 3 nitrogen and oxygen atoms in total. The summed E-state index contributed by atoms with van der Waals surface area (Å²) in [5.41, 5.74) is 7.87. The second-order valence-electron chi connectivity index (χ2n) is 8.52. The fourth-order valence-electron chi connectivity index (χ4n) is 4.36. The van der Waals surface area contributed by atoms with Crippen molar-refractivity contribution in [3.05, 3.63) is 89.2 Å². The quantitative estimate of drug-likeness (QED) is 0.370. The van der Waals surface area contributed by atoms with Gasteiger partial charge in [-0.3, -0.25) is 0 Å². The first-order valence-corrected chi connectivity index (χ1v) is 11.4. The van der Waals surface area contributed by atoms with Crippen LogP contribution < -0.4 is 4.74 Å². The molecule has 0 bridgehead atoms. The standard InChI is InChI=1S/C15H14N2O.C13H18/c1-2-11-3-5-12(6-4-11)18-13-7-8-14-15(9-13)17-10-16-14;1-3-4-11-8-12-6-5-10(2)7-13(12)9-11/h3-10H,2H2,1H3,(H,16,17);5-7,11H,3-4,8-9H2,1-2H3. The first kappa shape index (κ1) is 21.2. The topological polar surface area (TPSA) is 37.9 Å². The van der Waals surface area contributed by atoms with Gasteiger partial charge in [-0.2, -0.15) is 0 Å². The van der Waals surface area contributed by atoms with E-state index in [1.165, 1.54) is 36.8 Å². The lowest BCUT2D eigenvalue weighted by atomic mass is 10.0. The summed E-state index contributed by atoms with van der Waals surface area (Å²) in [6, 6.07) is 20.9. The summed E-state index contributed by atoms with van der Waals surface area (Å²) < 4.78 is 5.81. The van der Waals surface area contributed by atoms with Gasteiger partial charge in [0.2, 0.25) is 0 Å². The Morgan fingerprint density at radius 1 is 0.903 bits per heavy atom. The molecule has 0 fully saturated rings. The van der Waals surface area contributed by atoms with E-state index < -0.39 is 0 Å². The lowest BCUT2D eigenvalue weighted by molar-refractivity contribution is 0.483. The molecule has 1 N–H and O–H groups in total. The second kappa shape index (κ2) is 9.82. The summed E-state index contributed by atoms with van der Waals surface area (Å²) in [5.74, 6) is 2.60. The van der Waals surface area contributed by atoms with Crippen LogP contribution in [0.25, 0.3) is 11.0 Å². The highest BCUT2D eigenvalue weighted by atomic mass is 16.5. The van der Waals surface area contributed by atoms with Gasteiger partial charge in [-0.05, 0) is 73.1 Å². The van der Waals surface area contributed by atoms with Gasteiger partial charge in [0.1, 0.15) is 11.5 Å². The molecule has 1 aliphatic rings. The van der Waals surface area contributed by atoms with E-state index in [0.717, 1.165) is 34.9 Å². The maximum absolute atomic E-state index is 5.81. The molecule has 1 aromatic heterocycles. The Morgan fingerprint density at radius 2 is 1.68 bits per heavy atom. The number of hydrogen-bond donors (Lipinski definition) is 1. The smallest absolute Gasteiger partial charge is 0.129 e. The first-order chi connectivity index (χ1) is 15.1. The molecule has 3 aromatic carbocycles. The van der Waals surface area contributed by atoms with Gasteiger partial charge in [0.25, 0.3) is 0 Å². The molecule has 1 heterocycles. The summed E-state index contributed by atoms with van der Waals surface area (Å²) in [6.45, 7) is 6.61. The predicted octanol–water partition coefficient (Wildman–Crippen LogP) is 7.43. The molecular formula is C28H32N2O. The number of H-pyrrole nitrogens is 1. The molecule has 1 unspecified atom stereocenters. The van der Waals surface area contributed by atoms with Gasteiger partial charge in [-0.15, -0.1) is 0 Å². The van der Waals surface area contributed by atoms with E-state index in [1.807, 2.05) is 30.3 Å². The molecule has 0 radical (unpaired) electrons. The Hall–Kier alpha value is -3.07. The third-order valence-electron chi connectivity index (χ3n) is 6.03. The van der Waals surface area contributed by atoms with Crippen LogP contribution in [0, 0.1) is 12.8 Å². The van der Waals surface area contributed by atoms with Crippen LogP contribution >= 0.6 is 0 Å². The Labute approximate surface area is 185 Å². The molecule has 31 heavy (non-hydrogen) atoms. The van der Waals surface area contributed by atoms with Crippen LogP contribution in [0.2, 0.25) is 0 Å². The lowest BCUT2D eigenvalue weighted by Crippen LogP contribution is -1.97. The SMILES string of the molecule is CCCC1Cc2ccc(C)cc2C1.CCc1ccc(Oc2ccc3nc[nH]c3c2)cc1. The van der Waals surface area contributed by atoms with Crippen molar-refractivity contribution >= 4 is 11.0 Å². The zero-order chi connectivity index (χ0) is 21.6. The number of imidazole rings is 1. The molecule has 160 valence electrons. The molecule has 0 amide bonds. The van der Waals surface area contributed by atoms with Crippen molar-refractivity contribution in [1.82, 2.24) is 9.97 Å². The number of aromatic amines is 1. The van der Waals surface area contributed by atoms with Gasteiger partial charge in [0.05, 0.1) is 17.4 Å². The van der Waals surface area contributed by atoms with E-state index in [2.05, 4.69) is 61.1 Å². The number of benzene rings is 3. The van der Waals surface area contributed by atoms with E-state index >= 15 is 0 Å². The molecule has 0 aliphatic heterocycles. The molecule has 0 saturated carbocycles. The minimum Gasteiger partial charge on any atom is -0.457 e. The number of nitrogens with zero attached hydrogens (tertiary/aromatic N) is 1. The molecule has 0 spiro atoms. The van der Waals surface area contributed by atoms with Crippen molar-refractivity contribution in [3.63, 3.8) is 0 Å². The van der Waals surface area contributed by atoms with Gasteiger partial charge < -0.3 is 9.72 Å². The van der Waals surface area contributed by atoms with Crippen LogP contribution in [0.4, 0.5) is 0 Å². The van der Waals surface area contributed by atoms with Crippen molar-refractivity contribution in [2.75, 3.05) is 0 Å². The number of nitrogens with one attached hydrogen (secondary N) is 1.